The Kier molecular flexibility index (Phi) is 7.46. The maximum absolute atomic E-state index is 12.7. The summed E-state index contributed by atoms with van der Waals surface area (Å²) in [5.74, 6) is 1.17. The molecule has 27 heavy (non-hydrogen) atoms. The summed E-state index contributed by atoms with van der Waals surface area (Å²) < 4.78 is 10.2. The van der Waals surface area contributed by atoms with Crippen molar-refractivity contribution in [1.29, 1.82) is 0 Å². The molecule has 2 aromatic heterocycles. The van der Waals surface area contributed by atoms with Gasteiger partial charge in [0.15, 0.2) is 0 Å². The average molecular weight is 410 g/mol. The van der Waals surface area contributed by atoms with Crippen LogP contribution in [-0.2, 0) is 27.1 Å². The van der Waals surface area contributed by atoms with Crippen LogP contribution < -0.4 is 0 Å². The van der Waals surface area contributed by atoms with E-state index in [2.05, 4.69) is 16.9 Å². The summed E-state index contributed by atoms with van der Waals surface area (Å²) in [5.41, 5.74) is 1.40. The molecule has 3 rings (SSSR count). The summed E-state index contributed by atoms with van der Waals surface area (Å²) in [6, 6.07) is 0. The molecule has 0 spiro atoms. The molecular formula is C19H27N3O3S2. The van der Waals surface area contributed by atoms with E-state index in [0.29, 0.717) is 32.1 Å². The van der Waals surface area contributed by atoms with Crippen molar-refractivity contribution in [2.75, 3.05) is 46.3 Å². The minimum Gasteiger partial charge on any atom is -0.383 e. The van der Waals surface area contributed by atoms with Crippen molar-refractivity contribution in [3.8, 4) is 0 Å². The fourth-order valence-electron chi connectivity index (χ4n) is 3.34. The number of aryl methyl sites for hydroxylation is 1. The lowest BCUT2D eigenvalue weighted by molar-refractivity contribution is -0.129. The van der Waals surface area contributed by atoms with Crippen molar-refractivity contribution in [2.45, 2.75) is 31.2 Å². The molecule has 0 saturated heterocycles. The van der Waals surface area contributed by atoms with Gasteiger partial charge >= 0.3 is 0 Å². The Morgan fingerprint density at radius 1 is 1.30 bits per heavy atom. The minimum atomic E-state index is 0.0820. The quantitative estimate of drug-likeness (QED) is 0.469. The van der Waals surface area contributed by atoms with Crippen LogP contribution in [0.5, 0.6) is 0 Å². The second kappa shape index (κ2) is 9.82. The number of aromatic nitrogens is 2. The van der Waals surface area contributed by atoms with Crippen LogP contribution in [-0.4, -0.2) is 67.1 Å². The van der Waals surface area contributed by atoms with Crippen molar-refractivity contribution in [3.63, 3.8) is 0 Å². The first-order valence-corrected chi connectivity index (χ1v) is 11.1. The van der Waals surface area contributed by atoms with E-state index in [9.17, 15) is 4.79 Å². The molecule has 2 aromatic rings. The zero-order valence-electron chi connectivity index (χ0n) is 16.2. The first-order valence-electron chi connectivity index (χ1n) is 9.27. The summed E-state index contributed by atoms with van der Waals surface area (Å²) in [6.07, 6.45) is 5.03. The summed E-state index contributed by atoms with van der Waals surface area (Å²) in [4.78, 5) is 26.0. The minimum absolute atomic E-state index is 0.0820. The van der Waals surface area contributed by atoms with Crippen LogP contribution in [0.25, 0.3) is 10.2 Å². The Morgan fingerprint density at radius 2 is 2.04 bits per heavy atom. The number of thioether (sulfide) groups is 1. The molecular weight excluding hydrogens is 382 g/mol. The van der Waals surface area contributed by atoms with E-state index in [1.807, 2.05) is 0 Å². The largest absolute Gasteiger partial charge is 0.383 e. The van der Waals surface area contributed by atoms with E-state index >= 15 is 0 Å². The van der Waals surface area contributed by atoms with Crippen LogP contribution in [0.15, 0.2) is 11.4 Å². The van der Waals surface area contributed by atoms with Crippen LogP contribution in [0.2, 0.25) is 0 Å². The highest BCUT2D eigenvalue weighted by Crippen LogP contribution is 2.40. The second-order valence-electron chi connectivity index (χ2n) is 6.87. The number of thiophene rings is 1. The predicted octanol–water partition coefficient (Wildman–Crippen LogP) is 3.03. The van der Waals surface area contributed by atoms with E-state index in [0.717, 1.165) is 28.6 Å². The van der Waals surface area contributed by atoms with E-state index in [1.165, 1.54) is 34.0 Å². The Bertz CT molecular complexity index is 773. The molecule has 0 radical (unpaired) electrons. The van der Waals surface area contributed by atoms with Gasteiger partial charge < -0.3 is 14.4 Å². The number of ether oxygens (including phenoxy) is 2. The molecule has 0 unspecified atom stereocenters. The third kappa shape index (κ3) is 4.99. The van der Waals surface area contributed by atoms with E-state index in [4.69, 9.17) is 9.47 Å². The van der Waals surface area contributed by atoms with Crippen molar-refractivity contribution < 1.29 is 14.3 Å². The van der Waals surface area contributed by atoms with Crippen LogP contribution >= 0.6 is 23.1 Å². The first-order chi connectivity index (χ1) is 13.1. The standard InChI is InChI=1S/C19H27N3O3S2/c1-13-4-5-14-15(10-13)27-19-17(14)18(20-12-21-19)26-11-16(23)22(6-8-24-2)7-9-25-3/h12-13H,4-11H2,1-3H3/t13-/m1/s1. The number of methoxy groups -OCH3 is 2. The van der Waals surface area contributed by atoms with Gasteiger partial charge in [-0.25, -0.2) is 9.97 Å². The lowest BCUT2D eigenvalue weighted by Gasteiger charge is -2.22. The molecule has 1 amide bonds. The normalized spacial score (nSPS) is 16.5. The highest BCUT2D eigenvalue weighted by Gasteiger charge is 2.24. The van der Waals surface area contributed by atoms with Gasteiger partial charge in [-0.05, 0) is 30.7 Å². The Balaban J connectivity index is 1.73. The zero-order valence-corrected chi connectivity index (χ0v) is 17.8. The topological polar surface area (TPSA) is 64.6 Å². The molecule has 2 heterocycles. The van der Waals surface area contributed by atoms with E-state index in [-0.39, 0.29) is 5.91 Å². The van der Waals surface area contributed by atoms with E-state index in [1.54, 1.807) is 36.8 Å². The van der Waals surface area contributed by atoms with Gasteiger partial charge in [0.1, 0.15) is 16.2 Å². The van der Waals surface area contributed by atoms with Gasteiger partial charge in [-0.15, -0.1) is 11.3 Å². The van der Waals surface area contributed by atoms with Gasteiger partial charge in [0, 0.05) is 37.6 Å². The summed E-state index contributed by atoms with van der Waals surface area (Å²) in [7, 11) is 3.29. The van der Waals surface area contributed by atoms with Crippen LogP contribution in [0.1, 0.15) is 23.8 Å². The number of carbonyl (C=O) groups excluding carboxylic acids is 1. The predicted molar refractivity (Wildman–Crippen MR) is 110 cm³/mol. The maximum Gasteiger partial charge on any atom is 0.233 e. The van der Waals surface area contributed by atoms with Gasteiger partial charge in [-0.3, -0.25) is 4.79 Å². The van der Waals surface area contributed by atoms with Crippen molar-refractivity contribution >= 4 is 39.2 Å². The second-order valence-corrected chi connectivity index (χ2v) is 8.91. The van der Waals surface area contributed by atoms with Gasteiger partial charge in [0.25, 0.3) is 0 Å². The van der Waals surface area contributed by atoms with Gasteiger partial charge in [0.05, 0.1) is 19.0 Å². The number of fused-ring (bicyclic) bond motifs is 3. The Hall–Kier alpha value is -1.22. The summed E-state index contributed by atoms with van der Waals surface area (Å²) in [5, 5.41) is 2.10. The highest BCUT2D eigenvalue weighted by molar-refractivity contribution is 8.00. The molecule has 8 heteroatoms. The number of hydrogen-bond acceptors (Lipinski definition) is 7. The number of hydrogen-bond donors (Lipinski definition) is 0. The van der Waals surface area contributed by atoms with Crippen molar-refractivity contribution in [3.05, 3.63) is 16.8 Å². The molecule has 148 valence electrons. The first kappa shape index (κ1) is 20.5. The van der Waals surface area contributed by atoms with Gasteiger partial charge in [0.2, 0.25) is 5.91 Å². The number of amides is 1. The maximum atomic E-state index is 12.7. The van der Waals surface area contributed by atoms with Gasteiger partial charge in [-0.1, -0.05) is 18.7 Å². The lowest BCUT2D eigenvalue weighted by Crippen LogP contribution is -2.37. The molecule has 1 aliphatic carbocycles. The number of carbonyl (C=O) groups is 1. The highest BCUT2D eigenvalue weighted by atomic mass is 32.2. The molecule has 6 nitrogen and oxygen atoms in total. The third-order valence-corrected chi connectivity index (χ3v) is 7.01. The van der Waals surface area contributed by atoms with Crippen molar-refractivity contribution in [2.24, 2.45) is 5.92 Å². The molecule has 0 fully saturated rings. The smallest absolute Gasteiger partial charge is 0.233 e. The fraction of sp³-hybridized carbons (Fsp3) is 0.632. The monoisotopic (exact) mass is 409 g/mol. The number of rotatable bonds is 9. The Morgan fingerprint density at radius 3 is 2.74 bits per heavy atom. The SMILES string of the molecule is COCCN(CCOC)C(=O)CSc1ncnc2sc3c(c12)CC[C@@H](C)C3. The molecule has 0 N–H and O–H groups in total. The van der Waals surface area contributed by atoms with E-state index < -0.39 is 0 Å². The van der Waals surface area contributed by atoms with Crippen LogP contribution in [0, 0.1) is 5.92 Å². The molecule has 0 aromatic carbocycles. The van der Waals surface area contributed by atoms with Crippen LogP contribution in [0.3, 0.4) is 0 Å². The molecule has 1 aliphatic rings. The van der Waals surface area contributed by atoms with Gasteiger partial charge in [-0.2, -0.15) is 0 Å². The summed E-state index contributed by atoms with van der Waals surface area (Å²) >= 11 is 3.30. The number of nitrogens with zero attached hydrogens (tertiary/aromatic N) is 3. The third-order valence-electron chi connectivity index (χ3n) is 4.87. The average Bonchev–Trinajstić information content (AvgIpc) is 3.04. The molecule has 0 saturated carbocycles. The summed E-state index contributed by atoms with van der Waals surface area (Å²) in [6.45, 7) is 4.50. The van der Waals surface area contributed by atoms with Crippen molar-refractivity contribution in [1.82, 2.24) is 14.9 Å². The Labute approximate surface area is 168 Å². The molecule has 1 atom stereocenters. The molecule has 0 aliphatic heterocycles. The zero-order chi connectivity index (χ0) is 19.2. The molecule has 0 bridgehead atoms. The fourth-order valence-corrected chi connectivity index (χ4v) is 5.68. The van der Waals surface area contributed by atoms with Crippen LogP contribution in [0.4, 0.5) is 0 Å². The lowest BCUT2D eigenvalue weighted by atomic mass is 9.89.